The fourth-order valence-electron chi connectivity index (χ4n) is 12.1. The second-order valence-electron chi connectivity index (χ2n) is 27.0. The van der Waals surface area contributed by atoms with Crippen molar-refractivity contribution >= 4 is 76.4 Å². The third-order valence-electron chi connectivity index (χ3n) is 16.9. The summed E-state index contributed by atoms with van der Waals surface area (Å²) in [6.45, 7) is 30.4. The van der Waals surface area contributed by atoms with Gasteiger partial charge in [0, 0.05) is 55.1 Å². The number of aromatic nitrogens is 3. The van der Waals surface area contributed by atoms with E-state index < -0.39 is 5.63 Å². The molecular weight excluding hydrogens is 967 g/mol. The molecule has 0 saturated carbocycles. The summed E-state index contributed by atoms with van der Waals surface area (Å²) >= 11 is 0. The van der Waals surface area contributed by atoms with Gasteiger partial charge in [-0.15, -0.1) is 0 Å². The van der Waals surface area contributed by atoms with Crippen LogP contribution in [0.15, 0.2) is 143 Å². The Labute approximate surface area is 468 Å². The first-order valence-corrected chi connectivity index (χ1v) is 29.6. The molecule has 11 rings (SSSR count). The first-order valence-electron chi connectivity index (χ1n) is 29.6. The van der Waals surface area contributed by atoms with Crippen molar-refractivity contribution in [2.75, 3.05) is 6.61 Å². The molecule has 0 aliphatic rings. The minimum absolute atomic E-state index is 0.0134. The van der Waals surface area contributed by atoms with Gasteiger partial charge in [0.25, 0.3) is 0 Å². The molecule has 0 spiro atoms. The number of ether oxygens (including phenoxy) is 1. The topological polar surface area (TPSA) is 54.2 Å². The van der Waals surface area contributed by atoms with E-state index in [1.54, 1.807) is 0 Å². The third kappa shape index (κ3) is 10.3. The SMILES string of the molecule is CCCCCCCCCCCCOc1ccc2cc(-n3c4ccc(-n5c6ccc(C(C)(C)C)cc6c6cc(C(C)(C)C)ccc65)cc4c4cc(-n5c6ccc(C(C)(C)C)cc6c6cc(C(C)(C)C)ccc65)ccc43)c(=O)oc2c1. The van der Waals surface area contributed by atoms with Gasteiger partial charge in [0.05, 0.1) is 39.7 Å². The minimum atomic E-state index is -0.398. The molecular formula is C73H83N3O3. The normalized spacial score (nSPS) is 13.0. The van der Waals surface area contributed by atoms with Gasteiger partial charge in [-0.05, 0) is 153 Å². The van der Waals surface area contributed by atoms with Crippen LogP contribution in [0, 0.1) is 0 Å². The van der Waals surface area contributed by atoms with Gasteiger partial charge in [0.15, 0.2) is 0 Å². The number of benzene rings is 7. The average Bonchev–Trinajstić information content (AvgIpc) is 4.26. The summed E-state index contributed by atoms with van der Waals surface area (Å²) in [6, 6.07) is 49.5. The standard InChI is InChI=1S/C73H83N3O3/c1-14-15-16-17-18-19-20-21-22-23-38-78-54-31-24-47-39-67(69(77)79-68(47)46-54)76-65-36-29-52(74-61-32-25-48(70(2,3)4)40-55(61)56-41-49(71(5,6)7)26-33-62(56)74)44-59(65)60-45-53(30-37-66(60)76)75-63-34-27-50(72(8,9)10)42-57(63)58-43-51(73(11,12)13)28-35-64(58)75/h24-37,39-46H,14-23,38H2,1-13H3. The van der Waals surface area contributed by atoms with Crippen molar-refractivity contribution in [3.05, 3.63) is 166 Å². The van der Waals surface area contributed by atoms with Crippen LogP contribution in [-0.2, 0) is 21.7 Å². The highest BCUT2D eigenvalue weighted by atomic mass is 16.5. The largest absolute Gasteiger partial charge is 0.493 e. The highest BCUT2D eigenvalue weighted by Gasteiger charge is 2.25. The van der Waals surface area contributed by atoms with Gasteiger partial charge in [-0.3, -0.25) is 0 Å². The predicted octanol–water partition coefficient (Wildman–Crippen LogP) is 20.6. The lowest BCUT2D eigenvalue weighted by molar-refractivity contribution is 0.304. The summed E-state index contributed by atoms with van der Waals surface area (Å²) in [4.78, 5) is 14.6. The molecule has 0 amide bonds. The number of hydrogen-bond donors (Lipinski definition) is 0. The minimum Gasteiger partial charge on any atom is -0.493 e. The van der Waals surface area contributed by atoms with E-state index in [4.69, 9.17) is 9.15 Å². The number of fused-ring (bicyclic) bond motifs is 10. The third-order valence-corrected chi connectivity index (χ3v) is 16.9. The van der Waals surface area contributed by atoms with Crippen molar-refractivity contribution in [1.82, 2.24) is 13.7 Å². The number of nitrogens with zero attached hydrogens (tertiary/aromatic N) is 3. The quantitative estimate of drug-likeness (QED) is 0.0759. The summed E-state index contributed by atoms with van der Waals surface area (Å²) < 4.78 is 19.5. The van der Waals surface area contributed by atoms with E-state index in [0.717, 1.165) is 79.2 Å². The van der Waals surface area contributed by atoms with Crippen molar-refractivity contribution in [3.63, 3.8) is 0 Å². The molecule has 6 nitrogen and oxygen atoms in total. The van der Waals surface area contributed by atoms with Gasteiger partial charge in [0.2, 0.25) is 0 Å². The van der Waals surface area contributed by atoms with Crippen LogP contribution in [0.25, 0.3) is 93.4 Å². The summed E-state index contributed by atoms with van der Waals surface area (Å²) in [5.41, 5.74) is 14.4. The maximum atomic E-state index is 14.6. The number of rotatable bonds is 15. The Bertz CT molecular complexity index is 3810. The molecule has 0 atom stereocenters. The van der Waals surface area contributed by atoms with Crippen molar-refractivity contribution in [1.29, 1.82) is 0 Å². The first kappa shape index (κ1) is 53.9. The zero-order valence-electron chi connectivity index (χ0n) is 49.5. The van der Waals surface area contributed by atoms with E-state index in [2.05, 4.69) is 213 Å². The van der Waals surface area contributed by atoms with E-state index >= 15 is 0 Å². The Morgan fingerprint density at radius 1 is 0.380 bits per heavy atom. The van der Waals surface area contributed by atoms with Gasteiger partial charge in [-0.25, -0.2) is 4.79 Å². The molecule has 0 radical (unpaired) electrons. The lowest BCUT2D eigenvalue weighted by atomic mass is 9.85. The van der Waals surface area contributed by atoms with Gasteiger partial charge in [-0.2, -0.15) is 0 Å². The molecule has 0 fully saturated rings. The van der Waals surface area contributed by atoms with Crippen molar-refractivity contribution < 1.29 is 9.15 Å². The Kier molecular flexibility index (Phi) is 14.0. The van der Waals surface area contributed by atoms with Gasteiger partial charge in [-0.1, -0.05) is 172 Å². The Balaban J connectivity index is 1.06. The van der Waals surface area contributed by atoms with Crippen LogP contribution in [0.2, 0.25) is 0 Å². The second-order valence-corrected chi connectivity index (χ2v) is 27.0. The molecule has 0 N–H and O–H groups in total. The van der Waals surface area contributed by atoms with E-state index in [0.29, 0.717) is 17.9 Å². The molecule has 6 heteroatoms. The molecule has 0 saturated heterocycles. The first-order chi connectivity index (χ1) is 37.6. The van der Waals surface area contributed by atoms with Crippen LogP contribution < -0.4 is 10.4 Å². The lowest BCUT2D eigenvalue weighted by Crippen LogP contribution is -2.10. The highest BCUT2D eigenvalue weighted by molar-refractivity contribution is 6.14. The smallest absolute Gasteiger partial charge is 0.360 e. The fraction of sp³-hybridized carbons (Fsp3) is 0.384. The van der Waals surface area contributed by atoms with E-state index in [1.807, 2.05) is 24.3 Å². The molecule has 0 aliphatic carbocycles. The zero-order chi connectivity index (χ0) is 55.8. The second kappa shape index (κ2) is 20.6. The molecule has 0 unspecified atom stereocenters. The number of hydrogen-bond acceptors (Lipinski definition) is 3. The van der Waals surface area contributed by atoms with Gasteiger partial charge in [0.1, 0.15) is 17.0 Å². The molecule has 4 heterocycles. The molecule has 0 bridgehead atoms. The van der Waals surface area contributed by atoms with Gasteiger partial charge >= 0.3 is 5.63 Å². The summed E-state index contributed by atoms with van der Waals surface area (Å²) in [5.74, 6) is 0.722. The van der Waals surface area contributed by atoms with Crippen molar-refractivity contribution in [2.45, 2.75) is 176 Å². The molecule has 7 aromatic carbocycles. The zero-order valence-corrected chi connectivity index (χ0v) is 49.5. The molecule has 79 heavy (non-hydrogen) atoms. The Morgan fingerprint density at radius 3 is 1.13 bits per heavy atom. The maximum absolute atomic E-state index is 14.6. The molecule has 0 aliphatic heterocycles. The van der Waals surface area contributed by atoms with Crippen LogP contribution in [0.3, 0.4) is 0 Å². The highest BCUT2D eigenvalue weighted by Crippen LogP contribution is 2.43. The van der Waals surface area contributed by atoms with Crippen LogP contribution in [-0.4, -0.2) is 20.3 Å². The van der Waals surface area contributed by atoms with Crippen LogP contribution in [0.5, 0.6) is 5.75 Å². The van der Waals surface area contributed by atoms with Crippen molar-refractivity contribution in [3.8, 4) is 22.8 Å². The lowest BCUT2D eigenvalue weighted by Gasteiger charge is -2.19. The van der Waals surface area contributed by atoms with Crippen LogP contribution in [0.1, 0.15) is 176 Å². The predicted molar refractivity (Wildman–Crippen MR) is 338 cm³/mol. The Hall–Kier alpha value is -7.05. The van der Waals surface area contributed by atoms with E-state index in [9.17, 15) is 4.79 Å². The number of unbranched alkanes of at least 4 members (excludes halogenated alkanes) is 9. The fourth-order valence-corrected chi connectivity index (χ4v) is 12.1. The van der Waals surface area contributed by atoms with Crippen LogP contribution in [0.4, 0.5) is 0 Å². The maximum Gasteiger partial charge on any atom is 0.360 e. The molecule has 4 aromatic heterocycles. The van der Waals surface area contributed by atoms with Crippen LogP contribution >= 0.6 is 0 Å². The summed E-state index contributed by atoms with van der Waals surface area (Å²) in [6.07, 6.45) is 12.8. The van der Waals surface area contributed by atoms with Crippen molar-refractivity contribution in [2.24, 2.45) is 0 Å². The Morgan fingerprint density at radius 2 is 0.734 bits per heavy atom. The van der Waals surface area contributed by atoms with E-state index in [1.165, 1.54) is 95.2 Å². The van der Waals surface area contributed by atoms with Gasteiger partial charge < -0.3 is 22.9 Å². The molecule has 408 valence electrons. The summed E-state index contributed by atoms with van der Waals surface area (Å²) in [5, 5.41) is 7.91. The molecule has 11 aromatic rings. The summed E-state index contributed by atoms with van der Waals surface area (Å²) in [7, 11) is 0. The van der Waals surface area contributed by atoms with E-state index in [-0.39, 0.29) is 21.7 Å². The average molecular weight is 1050 g/mol. The monoisotopic (exact) mass is 1050 g/mol.